The van der Waals surface area contributed by atoms with E-state index in [1.165, 1.54) is 38.5 Å². The van der Waals surface area contributed by atoms with Gasteiger partial charge in [-0.2, -0.15) is 0 Å². The summed E-state index contributed by atoms with van der Waals surface area (Å²) in [5.74, 6) is 0.686. The van der Waals surface area contributed by atoms with Crippen LogP contribution in [0.5, 0.6) is 5.75 Å². The van der Waals surface area contributed by atoms with Crippen molar-refractivity contribution in [1.82, 2.24) is 25.3 Å². The standard InChI is InChI=1S/C25H37N5O3.C6H12/c1-17(14-28(3)4)26-18(2)25(32)30-15-19-8-7-12-29(19)16-22(30)24(31)27-21-11-13-33-23-10-6-5-9-20(21)23;1-2-4-6-5-3-1/h5-6,9-10,18-19,21-22,26H,1,7-8,11-16H2,2-4H3,(H,27,31);1-6H2/t18-,19+,21?,22-;/m0./s1. The van der Waals surface area contributed by atoms with Crippen molar-refractivity contribution in [2.24, 2.45) is 0 Å². The molecule has 1 aromatic rings. The van der Waals surface area contributed by atoms with Crippen LogP contribution in [-0.4, -0.2) is 91.5 Å². The van der Waals surface area contributed by atoms with Crippen LogP contribution in [0.25, 0.3) is 0 Å². The highest BCUT2D eigenvalue weighted by Gasteiger charge is 2.43. The zero-order valence-electron chi connectivity index (χ0n) is 24.3. The topological polar surface area (TPSA) is 77.2 Å². The summed E-state index contributed by atoms with van der Waals surface area (Å²) >= 11 is 0. The fraction of sp³-hybridized carbons (Fsp3) is 0.677. The number of hydrogen-bond donors (Lipinski definition) is 2. The van der Waals surface area contributed by atoms with Crippen molar-refractivity contribution in [3.05, 3.63) is 42.1 Å². The molecule has 1 aliphatic carbocycles. The van der Waals surface area contributed by atoms with Crippen molar-refractivity contribution in [2.75, 3.05) is 46.9 Å². The Morgan fingerprint density at radius 1 is 1.05 bits per heavy atom. The molecule has 2 amide bonds. The van der Waals surface area contributed by atoms with Crippen molar-refractivity contribution in [3.63, 3.8) is 0 Å². The molecular weight excluding hydrogens is 490 g/mol. The molecule has 2 N–H and O–H groups in total. The van der Waals surface area contributed by atoms with Crippen molar-refractivity contribution in [3.8, 4) is 5.75 Å². The van der Waals surface area contributed by atoms with E-state index in [2.05, 4.69) is 22.1 Å². The lowest BCUT2D eigenvalue weighted by atomic mass is 9.99. The summed E-state index contributed by atoms with van der Waals surface area (Å²) in [5, 5.41) is 6.46. The van der Waals surface area contributed by atoms with Crippen LogP contribution in [0, 0.1) is 0 Å². The summed E-state index contributed by atoms with van der Waals surface area (Å²) in [6.07, 6.45) is 11.9. The van der Waals surface area contributed by atoms with E-state index in [4.69, 9.17) is 4.74 Å². The molecule has 5 rings (SSSR count). The molecule has 8 nitrogen and oxygen atoms in total. The monoisotopic (exact) mass is 539 g/mol. The van der Waals surface area contributed by atoms with Gasteiger partial charge in [0.2, 0.25) is 11.8 Å². The highest BCUT2D eigenvalue weighted by molar-refractivity contribution is 5.90. The maximum atomic E-state index is 13.6. The van der Waals surface area contributed by atoms with Gasteiger partial charge in [-0.25, -0.2) is 0 Å². The second-order valence-corrected chi connectivity index (χ2v) is 11.9. The number of nitrogens with zero attached hydrogens (tertiary/aromatic N) is 3. The van der Waals surface area contributed by atoms with Gasteiger partial charge in [0.1, 0.15) is 17.8 Å². The molecule has 3 aliphatic heterocycles. The third kappa shape index (κ3) is 7.98. The molecule has 3 fully saturated rings. The minimum Gasteiger partial charge on any atom is -0.493 e. The summed E-state index contributed by atoms with van der Waals surface area (Å²) < 4.78 is 5.75. The lowest BCUT2D eigenvalue weighted by molar-refractivity contribution is -0.146. The second kappa shape index (κ2) is 14.2. The first-order valence-electron chi connectivity index (χ1n) is 15.0. The van der Waals surface area contributed by atoms with Crippen LogP contribution >= 0.6 is 0 Å². The molecule has 2 saturated heterocycles. The third-order valence-corrected chi connectivity index (χ3v) is 8.35. The van der Waals surface area contributed by atoms with E-state index in [0.29, 0.717) is 32.3 Å². The van der Waals surface area contributed by atoms with Gasteiger partial charge in [0, 0.05) is 43.4 Å². The van der Waals surface area contributed by atoms with Crippen LogP contribution in [0.3, 0.4) is 0 Å². The average Bonchev–Trinajstić information content (AvgIpc) is 3.40. The Hall–Kier alpha value is -2.58. The SMILES string of the molecule is C1CCCCC1.C=C(CN(C)C)N[C@@H](C)C(=O)N1C[C@H]2CCCN2C[C@H]1C(=O)NC1CCOc2ccccc21. The summed E-state index contributed by atoms with van der Waals surface area (Å²) in [6, 6.07) is 7.13. The van der Waals surface area contributed by atoms with Gasteiger partial charge in [-0.1, -0.05) is 63.3 Å². The van der Waals surface area contributed by atoms with Crippen LogP contribution in [-0.2, 0) is 9.59 Å². The van der Waals surface area contributed by atoms with Gasteiger partial charge in [0.25, 0.3) is 0 Å². The van der Waals surface area contributed by atoms with Crippen molar-refractivity contribution < 1.29 is 14.3 Å². The third-order valence-electron chi connectivity index (χ3n) is 8.35. The fourth-order valence-electron chi connectivity index (χ4n) is 6.35. The molecule has 4 atom stereocenters. The minimum atomic E-state index is -0.506. The number of nitrogens with one attached hydrogen (secondary N) is 2. The minimum absolute atomic E-state index is 0.0472. The molecule has 4 aliphatic rings. The molecule has 3 heterocycles. The van der Waals surface area contributed by atoms with Gasteiger partial charge in [0.15, 0.2) is 0 Å². The highest BCUT2D eigenvalue weighted by Crippen LogP contribution is 2.32. The molecule has 1 unspecified atom stereocenters. The average molecular weight is 540 g/mol. The highest BCUT2D eigenvalue weighted by atomic mass is 16.5. The number of benzene rings is 1. The van der Waals surface area contributed by atoms with E-state index in [1.54, 1.807) is 4.90 Å². The quantitative estimate of drug-likeness (QED) is 0.550. The lowest BCUT2D eigenvalue weighted by Gasteiger charge is -2.44. The van der Waals surface area contributed by atoms with Gasteiger partial charge in [-0.3, -0.25) is 14.5 Å². The van der Waals surface area contributed by atoms with Crippen LogP contribution in [0.4, 0.5) is 0 Å². The van der Waals surface area contributed by atoms with Gasteiger partial charge < -0.3 is 25.2 Å². The van der Waals surface area contributed by atoms with E-state index >= 15 is 0 Å². The fourth-order valence-corrected chi connectivity index (χ4v) is 6.35. The van der Waals surface area contributed by atoms with E-state index in [0.717, 1.165) is 42.8 Å². The number of amides is 2. The first-order chi connectivity index (χ1) is 18.8. The molecule has 216 valence electrons. The summed E-state index contributed by atoms with van der Waals surface area (Å²) in [7, 11) is 3.93. The lowest BCUT2D eigenvalue weighted by Crippen LogP contribution is -2.65. The number of para-hydroxylation sites is 1. The number of ether oxygens (including phenoxy) is 1. The second-order valence-electron chi connectivity index (χ2n) is 11.9. The van der Waals surface area contributed by atoms with Crippen molar-refractivity contribution in [1.29, 1.82) is 0 Å². The van der Waals surface area contributed by atoms with E-state index in [-0.39, 0.29) is 17.9 Å². The number of carbonyl (C=O) groups is 2. The normalized spacial score (nSPS) is 25.3. The maximum absolute atomic E-state index is 13.6. The number of fused-ring (bicyclic) bond motifs is 2. The molecule has 8 heteroatoms. The summed E-state index contributed by atoms with van der Waals surface area (Å²) in [4.78, 5) is 33.2. The number of likely N-dealkylation sites (N-methyl/N-ethyl adjacent to an activating group) is 1. The predicted molar refractivity (Wildman–Crippen MR) is 156 cm³/mol. The van der Waals surface area contributed by atoms with Gasteiger partial charge in [-0.05, 0) is 46.5 Å². The van der Waals surface area contributed by atoms with E-state index in [1.807, 2.05) is 50.2 Å². The van der Waals surface area contributed by atoms with Crippen molar-refractivity contribution in [2.45, 2.75) is 88.9 Å². The van der Waals surface area contributed by atoms with Crippen molar-refractivity contribution >= 4 is 11.8 Å². The Morgan fingerprint density at radius 3 is 2.44 bits per heavy atom. The Bertz CT molecular complexity index is 967. The Morgan fingerprint density at radius 2 is 1.74 bits per heavy atom. The molecule has 39 heavy (non-hydrogen) atoms. The number of rotatable bonds is 7. The van der Waals surface area contributed by atoms with Crippen LogP contribution < -0.4 is 15.4 Å². The summed E-state index contributed by atoms with van der Waals surface area (Å²) in [5.41, 5.74) is 1.79. The zero-order chi connectivity index (χ0) is 27.8. The Balaban J connectivity index is 0.000000519. The summed E-state index contributed by atoms with van der Waals surface area (Å²) in [6.45, 7) is 9.28. The number of carbonyl (C=O) groups excluding carboxylic acids is 2. The van der Waals surface area contributed by atoms with Crippen LogP contribution in [0.2, 0.25) is 0 Å². The Kier molecular flexibility index (Phi) is 10.7. The molecule has 0 spiro atoms. The largest absolute Gasteiger partial charge is 0.493 e. The molecule has 1 aromatic carbocycles. The van der Waals surface area contributed by atoms with Crippen LogP contribution in [0.1, 0.15) is 76.3 Å². The molecular formula is C31H49N5O3. The number of hydrogen-bond acceptors (Lipinski definition) is 6. The molecule has 1 saturated carbocycles. The molecule has 0 radical (unpaired) electrons. The molecule has 0 bridgehead atoms. The predicted octanol–water partition coefficient (Wildman–Crippen LogP) is 3.70. The van der Waals surface area contributed by atoms with E-state index < -0.39 is 12.1 Å². The van der Waals surface area contributed by atoms with E-state index in [9.17, 15) is 9.59 Å². The first-order valence-corrected chi connectivity index (χ1v) is 15.0. The number of piperazine rings is 1. The van der Waals surface area contributed by atoms with Gasteiger partial charge >= 0.3 is 0 Å². The maximum Gasteiger partial charge on any atom is 0.245 e. The Labute approximate surface area is 235 Å². The first kappa shape index (κ1) is 29.4. The smallest absolute Gasteiger partial charge is 0.245 e. The van der Waals surface area contributed by atoms with Gasteiger partial charge in [0.05, 0.1) is 12.6 Å². The zero-order valence-corrected chi connectivity index (χ0v) is 24.3. The van der Waals surface area contributed by atoms with Crippen LogP contribution in [0.15, 0.2) is 36.5 Å². The van der Waals surface area contributed by atoms with Gasteiger partial charge in [-0.15, -0.1) is 0 Å². The molecule has 0 aromatic heterocycles.